The quantitative estimate of drug-likeness (QED) is 0.669. The number of hydrogen-bond acceptors (Lipinski definition) is 6. The fourth-order valence-corrected chi connectivity index (χ4v) is 5.08. The zero-order valence-electron chi connectivity index (χ0n) is 16.5. The minimum absolute atomic E-state index is 0.00975. The first kappa shape index (κ1) is 21.7. The van der Waals surface area contributed by atoms with Gasteiger partial charge in [-0.15, -0.1) is 0 Å². The van der Waals surface area contributed by atoms with E-state index < -0.39 is 28.5 Å². The van der Waals surface area contributed by atoms with Gasteiger partial charge in [-0.05, 0) is 43.9 Å². The molecule has 1 atom stereocenters. The average molecular weight is 425 g/mol. The van der Waals surface area contributed by atoms with E-state index in [9.17, 15) is 18.0 Å². The van der Waals surface area contributed by atoms with E-state index in [0.29, 0.717) is 26.2 Å². The lowest BCUT2D eigenvalue weighted by atomic mass is 10.2. The first-order chi connectivity index (χ1) is 14.0. The molecule has 8 nitrogen and oxygen atoms in total. The van der Waals surface area contributed by atoms with Crippen molar-refractivity contribution in [2.24, 2.45) is 0 Å². The van der Waals surface area contributed by atoms with Crippen LogP contribution < -0.4 is 5.32 Å². The number of sulfonamides is 1. The van der Waals surface area contributed by atoms with E-state index in [4.69, 9.17) is 9.47 Å². The summed E-state index contributed by atoms with van der Waals surface area (Å²) in [6, 6.07) is 5.78. The second-order valence-corrected chi connectivity index (χ2v) is 9.30. The maximum Gasteiger partial charge on any atom is 0.338 e. The Labute approximate surface area is 171 Å². The van der Waals surface area contributed by atoms with E-state index in [0.717, 1.165) is 38.5 Å². The summed E-state index contributed by atoms with van der Waals surface area (Å²) in [6.45, 7) is 1.64. The van der Waals surface area contributed by atoms with Crippen LogP contribution in [0.5, 0.6) is 0 Å². The lowest BCUT2D eigenvalue weighted by molar-refractivity contribution is -0.124. The molecule has 0 saturated carbocycles. The number of hydrogen-bond donors (Lipinski definition) is 1. The second-order valence-electron chi connectivity index (χ2n) is 7.36. The van der Waals surface area contributed by atoms with Gasteiger partial charge in [0.15, 0.2) is 6.61 Å². The van der Waals surface area contributed by atoms with Gasteiger partial charge in [0.25, 0.3) is 5.91 Å². The number of benzene rings is 1. The highest BCUT2D eigenvalue weighted by molar-refractivity contribution is 7.89. The predicted molar refractivity (Wildman–Crippen MR) is 106 cm³/mol. The van der Waals surface area contributed by atoms with Crippen molar-refractivity contribution in [1.82, 2.24) is 9.62 Å². The van der Waals surface area contributed by atoms with E-state index in [1.165, 1.54) is 28.6 Å². The third kappa shape index (κ3) is 6.01. The summed E-state index contributed by atoms with van der Waals surface area (Å²) in [7, 11) is -3.66. The molecule has 2 aliphatic heterocycles. The number of carbonyl (C=O) groups excluding carboxylic acids is 2. The van der Waals surface area contributed by atoms with Crippen LogP contribution in [0.4, 0.5) is 0 Å². The zero-order chi connectivity index (χ0) is 20.7. The van der Waals surface area contributed by atoms with Gasteiger partial charge in [-0.2, -0.15) is 4.31 Å². The van der Waals surface area contributed by atoms with Crippen molar-refractivity contribution < 1.29 is 27.5 Å². The number of esters is 1. The monoisotopic (exact) mass is 424 g/mol. The number of ether oxygens (including phenoxy) is 2. The molecule has 0 aliphatic carbocycles. The topological polar surface area (TPSA) is 102 Å². The van der Waals surface area contributed by atoms with Crippen LogP contribution in [-0.4, -0.2) is 63.6 Å². The zero-order valence-corrected chi connectivity index (χ0v) is 17.3. The molecule has 2 fully saturated rings. The number of nitrogens with one attached hydrogen (secondary N) is 1. The summed E-state index contributed by atoms with van der Waals surface area (Å²) < 4.78 is 37.7. The number of amides is 1. The highest BCUT2D eigenvalue weighted by atomic mass is 32.2. The molecule has 1 N–H and O–H groups in total. The molecular weight excluding hydrogens is 396 g/mol. The molecule has 0 spiro atoms. The van der Waals surface area contributed by atoms with Gasteiger partial charge in [-0.1, -0.05) is 18.9 Å². The van der Waals surface area contributed by atoms with Crippen molar-refractivity contribution in [2.45, 2.75) is 49.5 Å². The molecule has 29 heavy (non-hydrogen) atoms. The van der Waals surface area contributed by atoms with Crippen molar-refractivity contribution >= 4 is 21.9 Å². The lowest BCUT2D eigenvalue weighted by Crippen LogP contribution is -2.34. The Bertz CT molecular complexity index is 812. The average Bonchev–Trinajstić information content (AvgIpc) is 3.09. The number of carbonyl (C=O) groups is 2. The fraction of sp³-hybridized carbons (Fsp3) is 0.600. The Morgan fingerprint density at radius 2 is 1.90 bits per heavy atom. The summed E-state index contributed by atoms with van der Waals surface area (Å²) >= 11 is 0. The van der Waals surface area contributed by atoms with E-state index in [2.05, 4.69) is 5.32 Å². The highest BCUT2D eigenvalue weighted by Crippen LogP contribution is 2.21. The molecule has 1 amide bonds. The Balaban J connectivity index is 1.56. The van der Waals surface area contributed by atoms with Crippen molar-refractivity contribution in [3.8, 4) is 0 Å². The van der Waals surface area contributed by atoms with Crippen LogP contribution in [0.2, 0.25) is 0 Å². The fourth-order valence-electron chi connectivity index (χ4n) is 3.51. The first-order valence-corrected chi connectivity index (χ1v) is 11.6. The third-order valence-electron chi connectivity index (χ3n) is 5.16. The van der Waals surface area contributed by atoms with Crippen LogP contribution in [0.3, 0.4) is 0 Å². The molecule has 0 bridgehead atoms. The van der Waals surface area contributed by atoms with Crippen molar-refractivity contribution in [1.29, 1.82) is 0 Å². The summed E-state index contributed by atoms with van der Waals surface area (Å²) in [5.41, 5.74) is 0.104. The summed E-state index contributed by atoms with van der Waals surface area (Å²) in [6.07, 6.45) is 5.60. The van der Waals surface area contributed by atoms with Gasteiger partial charge >= 0.3 is 5.97 Å². The summed E-state index contributed by atoms with van der Waals surface area (Å²) in [5, 5.41) is 2.67. The van der Waals surface area contributed by atoms with E-state index >= 15 is 0 Å². The molecule has 0 unspecified atom stereocenters. The van der Waals surface area contributed by atoms with Crippen molar-refractivity contribution in [2.75, 3.05) is 32.8 Å². The summed E-state index contributed by atoms with van der Waals surface area (Å²) in [4.78, 5) is 24.2. The SMILES string of the molecule is O=C(COC(=O)c1cccc(S(=O)(=O)N2CCCCCC2)c1)NC[C@H]1CCCO1. The van der Waals surface area contributed by atoms with E-state index in [1.807, 2.05) is 0 Å². The molecule has 0 radical (unpaired) electrons. The predicted octanol–water partition coefficient (Wildman–Crippen LogP) is 1.70. The molecule has 2 saturated heterocycles. The molecule has 160 valence electrons. The van der Waals surface area contributed by atoms with Gasteiger partial charge in [-0.25, -0.2) is 13.2 Å². The molecule has 1 aromatic rings. The molecule has 2 aliphatic rings. The summed E-state index contributed by atoms with van der Waals surface area (Å²) in [5.74, 6) is -1.15. The standard InChI is InChI=1S/C20H28N2O6S/c23-19(21-14-17-8-6-12-27-17)15-28-20(24)16-7-5-9-18(13-16)29(25,26)22-10-3-1-2-4-11-22/h5,7,9,13,17H,1-4,6,8,10-12,14-15H2,(H,21,23)/t17-/m1/s1. The van der Waals surface area contributed by atoms with Crippen LogP contribution in [0.1, 0.15) is 48.9 Å². The van der Waals surface area contributed by atoms with Crippen LogP contribution in [-0.2, 0) is 24.3 Å². The normalized spacial score (nSPS) is 20.8. The van der Waals surface area contributed by atoms with Gasteiger partial charge in [-0.3, -0.25) is 4.79 Å². The smallest absolute Gasteiger partial charge is 0.338 e. The molecule has 3 rings (SSSR count). The van der Waals surface area contributed by atoms with Crippen molar-refractivity contribution in [3.05, 3.63) is 29.8 Å². The second kappa shape index (κ2) is 10.2. The highest BCUT2D eigenvalue weighted by Gasteiger charge is 2.26. The van der Waals surface area contributed by atoms with Gasteiger partial charge in [0.05, 0.1) is 16.6 Å². The maximum absolute atomic E-state index is 12.9. The Hall–Kier alpha value is -1.97. The largest absolute Gasteiger partial charge is 0.452 e. The maximum atomic E-state index is 12.9. The molecule has 0 aromatic heterocycles. The Morgan fingerprint density at radius 1 is 1.14 bits per heavy atom. The lowest BCUT2D eigenvalue weighted by Gasteiger charge is -2.20. The van der Waals surface area contributed by atoms with E-state index in [1.54, 1.807) is 0 Å². The molecular formula is C20H28N2O6S. The number of rotatable bonds is 7. The number of nitrogens with zero attached hydrogens (tertiary/aromatic N) is 1. The Morgan fingerprint density at radius 3 is 2.59 bits per heavy atom. The van der Waals surface area contributed by atoms with Gasteiger partial charge in [0.1, 0.15) is 0 Å². The minimum Gasteiger partial charge on any atom is -0.452 e. The minimum atomic E-state index is -3.66. The Kier molecular flexibility index (Phi) is 7.63. The van der Waals surface area contributed by atoms with Gasteiger partial charge in [0.2, 0.25) is 10.0 Å². The molecule has 1 aromatic carbocycles. The third-order valence-corrected chi connectivity index (χ3v) is 7.05. The molecule has 2 heterocycles. The van der Waals surface area contributed by atoms with Crippen LogP contribution in [0.25, 0.3) is 0 Å². The van der Waals surface area contributed by atoms with Crippen LogP contribution >= 0.6 is 0 Å². The van der Waals surface area contributed by atoms with Gasteiger partial charge < -0.3 is 14.8 Å². The van der Waals surface area contributed by atoms with Crippen LogP contribution in [0.15, 0.2) is 29.2 Å². The van der Waals surface area contributed by atoms with Gasteiger partial charge in [0, 0.05) is 26.2 Å². The van der Waals surface area contributed by atoms with Crippen LogP contribution in [0, 0.1) is 0 Å². The van der Waals surface area contributed by atoms with Crippen molar-refractivity contribution in [3.63, 3.8) is 0 Å². The first-order valence-electron chi connectivity index (χ1n) is 10.1. The molecule has 9 heteroatoms. The van der Waals surface area contributed by atoms with E-state index in [-0.39, 0.29) is 16.6 Å².